The minimum Gasteiger partial charge on any atom is -0.497 e. The number of carbonyl (C=O) groups excluding carboxylic acids is 10. The number of rotatable bonds is 10. The zero-order valence-electron chi connectivity index (χ0n) is 45.8. The standard InChI is InChI=1S/C52H84N8O12/c1-18-20-37-32(8)50(69)72-43(31(7)19-2)48(67)54-27-40(61)58(14)38(25-29(3)4)46(65)53-28-41(62)60(16)42(30(5)6)49(68)59(15)39(26-35-21-23-36(71-17)24-22-35)47(66)55-33(9)44(63)52(11,12)51(70)57(13)34(10)45(64)56-37/h21-24,29-34,37-39,42-43H,18-20,25-28H2,1-17H3,(H,53,65)(H,54,67)(H,55,66)(H,56,64)/t31-,32-,33-,34-,37+,38-,39-,42-,43-/m0/s1. The number of hydrogen-bond acceptors (Lipinski definition) is 12. The van der Waals surface area contributed by atoms with E-state index in [2.05, 4.69) is 21.3 Å². The van der Waals surface area contributed by atoms with Crippen LogP contribution < -0.4 is 26.0 Å². The van der Waals surface area contributed by atoms with Crippen molar-refractivity contribution in [3.05, 3.63) is 29.8 Å². The number of carbonyl (C=O) groups is 10. The Kier molecular flexibility index (Phi) is 23.8. The van der Waals surface area contributed by atoms with Crippen LogP contribution in [-0.2, 0) is 59.1 Å². The highest BCUT2D eigenvalue weighted by Crippen LogP contribution is 2.25. The number of Topliss-reactive ketones (excluding diaryl/α,β-unsaturated/α-hetero) is 1. The second-order valence-corrected chi connectivity index (χ2v) is 20.5. The molecule has 1 heterocycles. The smallest absolute Gasteiger partial charge is 0.311 e. The Balaban J connectivity index is 2.74. The number of likely N-dealkylation sites (N-methyl/N-ethyl adjacent to an activating group) is 4. The number of esters is 1. The predicted molar refractivity (Wildman–Crippen MR) is 271 cm³/mol. The van der Waals surface area contributed by atoms with Gasteiger partial charge in [0.15, 0.2) is 11.9 Å². The molecule has 1 aliphatic heterocycles. The van der Waals surface area contributed by atoms with Gasteiger partial charge in [-0.3, -0.25) is 47.9 Å². The van der Waals surface area contributed by atoms with E-state index in [4.69, 9.17) is 9.47 Å². The molecule has 0 bridgehead atoms. The molecule has 8 amide bonds. The Morgan fingerprint density at radius 1 is 0.708 bits per heavy atom. The average molecular weight is 1010 g/mol. The molecule has 1 aromatic carbocycles. The molecule has 0 aromatic heterocycles. The van der Waals surface area contributed by atoms with Crippen molar-refractivity contribution in [2.75, 3.05) is 48.4 Å². The summed E-state index contributed by atoms with van der Waals surface area (Å²) in [4.78, 5) is 145. The first-order chi connectivity index (χ1) is 33.5. The molecule has 2 rings (SSSR count). The van der Waals surface area contributed by atoms with Gasteiger partial charge in [-0.25, -0.2) is 0 Å². The van der Waals surface area contributed by atoms with E-state index in [1.165, 1.54) is 77.7 Å². The molecular formula is C52H84N8O12. The van der Waals surface area contributed by atoms with Crippen LogP contribution in [0, 0.1) is 29.1 Å². The number of nitrogens with one attached hydrogen (secondary N) is 4. The van der Waals surface area contributed by atoms with Crippen molar-refractivity contribution in [1.29, 1.82) is 0 Å². The summed E-state index contributed by atoms with van der Waals surface area (Å²) in [6, 6.07) is 0.144. The van der Waals surface area contributed by atoms with E-state index in [9.17, 15) is 47.9 Å². The predicted octanol–water partition coefficient (Wildman–Crippen LogP) is 2.49. The van der Waals surface area contributed by atoms with Crippen LogP contribution in [0.1, 0.15) is 114 Å². The van der Waals surface area contributed by atoms with E-state index in [1.54, 1.807) is 58.9 Å². The number of nitrogens with zero attached hydrogens (tertiary/aromatic N) is 4. The Morgan fingerprint density at radius 3 is 1.78 bits per heavy atom. The molecule has 0 radical (unpaired) electrons. The molecule has 1 saturated heterocycles. The van der Waals surface area contributed by atoms with Crippen LogP contribution in [0.4, 0.5) is 0 Å². The van der Waals surface area contributed by atoms with Crippen molar-refractivity contribution in [3.63, 3.8) is 0 Å². The fraction of sp³-hybridized carbons (Fsp3) is 0.692. The van der Waals surface area contributed by atoms with Gasteiger partial charge in [-0.05, 0) is 83.4 Å². The lowest BCUT2D eigenvalue weighted by Gasteiger charge is -2.37. The van der Waals surface area contributed by atoms with Gasteiger partial charge in [0.25, 0.3) is 5.91 Å². The number of benzene rings is 1. The third kappa shape index (κ3) is 16.2. The second-order valence-electron chi connectivity index (χ2n) is 20.5. The first-order valence-corrected chi connectivity index (χ1v) is 25.1. The summed E-state index contributed by atoms with van der Waals surface area (Å²) >= 11 is 0. The molecule has 9 atom stereocenters. The molecule has 20 nitrogen and oxygen atoms in total. The van der Waals surface area contributed by atoms with Gasteiger partial charge in [-0.1, -0.05) is 67.0 Å². The second kappa shape index (κ2) is 27.7. The number of ketones is 1. The summed E-state index contributed by atoms with van der Waals surface area (Å²) in [5.74, 6) is -8.37. The Bertz CT molecular complexity index is 2090. The van der Waals surface area contributed by atoms with Crippen LogP contribution in [0.3, 0.4) is 0 Å². The Morgan fingerprint density at radius 2 is 1.26 bits per heavy atom. The molecule has 20 heteroatoms. The minimum atomic E-state index is -1.79. The first kappa shape index (κ1) is 62.0. The molecule has 4 N–H and O–H groups in total. The number of hydrogen-bond donors (Lipinski definition) is 4. The summed E-state index contributed by atoms with van der Waals surface area (Å²) in [7, 11) is 7.10. The largest absolute Gasteiger partial charge is 0.497 e. The van der Waals surface area contributed by atoms with Crippen LogP contribution >= 0.6 is 0 Å². The molecule has 0 aliphatic carbocycles. The molecule has 0 spiro atoms. The van der Waals surface area contributed by atoms with E-state index in [0.717, 1.165) is 4.90 Å². The number of amides is 8. The van der Waals surface area contributed by atoms with Gasteiger partial charge >= 0.3 is 5.97 Å². The van der Waals surface area contributed by atoms with Gasteiger partial charge in [0.1, 0.15) is 35.3 Å². The molecule has 72 heavy (non-hydrogen) atoms. The average Bonchev–Trinajstić information content (AvgIpc) is 3.34. The Hall–Kier alpha value is -6.08. The fourth-order valence-corrected chi connectivity index (χ4v) is 8.58. The lowest BCUT2D eigenvalue weighted by Crippen LogP contribution is -2.60. The third-order valence-electron chi connectivity index (χ3n) is 13.8. The lowest BCUT2D eigenvalue weighted by atomic mass is 9.82. The maximum Gasteiger partial charge on any atom is 0.311 e. The summed E-state index contributed by atoms with van der Waals surface area (Å²) in [5, 5.41) is 10.8. The van der Waals surface area contributed by atoms with Gasteiger partial charge < -0.3 is 50.3 Å². The molecule has 404 valence electrons. The molecule has 1 fully saturated rings. The highest BCUT2D eigenvalue weighted by Gasteiger charge is 2.45. The van der Waals surface area contributed by atoms with E-state index < -0.39 is 138 Å². The molecular weight excluding hydrogens is 929 g/mol. The van der Waals surface area contributed by atoms with Gasteiger partial charge in [0.2, 0.25) is 41.4 Å². The van der Waals surface area contributed by atoms with Gasteiger partial charge in [0.05, 0.1) is 32.2 Å². The van der Waals surface area contributed by atoms with E-state index in [-0.39, 0.29) is 18.8 Å². The fourth-order valence-electron chi connectivity index (χ4n) is 8.58. The van der Waals surface area contributed by atoms with Crippen molar-refractivity contribution in [1.82, 2.24) is 40.9 Å². The van der Waals surface area contributed by atoms with Crippen molar-refractivity contribution >= 4 is 59.0 Å². The normalized spacial score (nSPS) is 26.5. The van der Waals surface area contributed by atoms with Gasteiger partial charge in [-0.2, -0.15) is 0 Å². The topological polar surface area (TPSA) is 250 Å². The zero-order chi connectivity index (χ0) is 55.1. The van der Waals surface area contributed by atoms with Crippen LogP contribution in [0.2, 0.25) is 0 Å². The minimum absolute atomic E-state index is 0.0316. The van der Waals surface area contributed by atoms with Gasteiger partial charge in [-0.15, -0.1) is 0 Å². The SMILES string of the molecule is CCC[C@H]1NC(=O)[C@H](C)N(C)C(=O)C(C)(C)C(=O)[C@H](C)NC(=O)[C@H](Cc2ccc(OC)cc2)N(C)C(=O)[C@H](C(C)C)N(C)C(=O)CNC(=O)[C@H](CC(C)C)N(C)C(=O)CNC(=O)[C@H]([C@@H](C)CC)OC(=O)[C@H]1C. The summed E-state index contributed by atoms with van der Waals surface area (Å²) in [5.41, 5.74) is -1.15. The third-order valence-corrected chi connectivity index (χ3v) is 13.8. The first-order valence-electron chi connectivity index (χ1n) is 25.1. The molecule has 1 aromatic rings. The van der Waals surface area contributed by atoms with Crippen LogP contribution in [0.25, 0.3) is 0 Å². The number of ether oxygens (including phenoxy) is 2. The van der Waals surface area contributed by atoms with E-state index in [0.29, 0.717) is 30.6 Å². The van der Waals surface area contributed by atoms with Crippen LogP contribution in [0.5, 0.6) is 5.75 Å². The summed E-state index contributed by atoms with van der Waals surface area (Å²) < 4.78 is 11.1. The van der Waals surface area contributed by atoms with E-state index in [1.807, 2.05) is 20.8 Å². The lowest BCUT2D eigenvalue weighted by molar-refractivity contribution is -0.164. The zero-order valence-corrected chi connectivity index (χ0v) is 45.8. The van der Waals surface area contributed by atoms with Crippen molar-refractivity contribution in [2.24, 2.45) is 29.1 Å². The monoisotopic (exact) mass is 1010 g/mol. The van der Waals surface area contributed by atoms with Crippen molar-refractivity contribution in [2.45, 2.75) is 158 Å². The quantitative estimate of drug-likeness (QED) is 0.195. The van der Waals surface area contributed by atoms with Crippen LogP contribution in [0.15, 0.2) is 24.3 Å². The molecule has 1 aliphatic rings. The molecule has 0 unspecified atom stereocenters. The maximum absolute atomic E-state index is 14.6. The van der Waals surface area contributed by atoms with Gasteiger partial charge in [0, 0.05) is 46.6 Å². The molecule has 0 saturated carbocycles. The number of cyclic esters (lactones) is 1. The van der Waals surface area contributed by atoms with Crippen molar-refractivity contribution in [3.8, 4) is 5.75 Å². The maximum atomic E-state index is 14.6. The highest BCUT2D eigenvalue weighted by atomic mass is 16.5. The van der Waals surface area contributed by atoms with Crippen molar-refractivity contribution < 1.29 is 57.4 Å². The van der Waals surface area contributed by atoms with Crippen LogP contribution in [-0.4, -0.2) is 169 Å². The summed E-state index contributed by atoms with van der Waals surface area (Å²) in [6.45, 7) is 18.6. The summed E-state index contributed by atoms with van der Waals surface area (Å²) in [6.07, 6.45) is 0.111. The highest BCUT2D eigenvalue weighted by molar-refractivity contribution is 6.09. The number of methoxy groups -OCH3 is 1. The van der Waals surface area contributed by atoms with E-state index >= 15 is 0 Å². The Labute approximate surface area is 426 Å².